The second-order valence-electron chi connectivity index (χ2n) is 3.39. The van der Waals surface area contributed by atoms with Gasteiger partial charge < -0.3 is 4.74 Å². The smallest absolute Gasteiger partial charge is 0.219 e. The fourth-order valence-electron chi connectivity index (χ4n) is 1.29. The first-order chi connectivity index (χ1) is 8.60. The lowest BCUT2D eigenvalue weighted by Crippen LogP contribution is -1.93. The van der Waals surface area contributed by atoms with Crippen molar-refractivity contribution >= 4 is 39.1 Å². The van der Waals surface area contributed by atoms with E-state index in [-0.39, 0.29) is 11.7 Å². The van der Waals surface area contributed by atoms with E-state index in [2.05, 4.69) is 20.9 Å². The van der Waals surface area contributed by atoms with E-state index in [9.17, 15) is 4.39 Å². The number of nitrogens with zero attached hydrogens (tertiary/aromatic N) is 1. The lowest BCUT2D eigenvalue weighted by Gasteiger charge is -2.08. The Balaban J connectivity index is 2.28. The molecule has 94 valence electrons. The van der Waals surface area contributed by atoms with Crippen LogP contribution in [0.3, 0.4) is 0 Å². The molecule has 18 heavy (non-hydrogen) atoms. The van der Waals surface area contributed by atoms with E-state index in [1.54, 1.807) is 12.1 Å². The highest BCUT2D eigenvalue weighted by Gasteiger charge is 2.07. The van der Waals surface area contributed by atoms with Crippen molar-refractivity contribution in [1.82, 2.24) is 4.98 Å². The van der Waals surface area contributed by atoms with Gasteiger partial charge in [-0.15, -0.1) is 11.6 Å². The summed E-state index contributed by atoms with van der Waals surface area (Å²) in [5, 5.41) is 0.482. The molecule has 6 heteroatoms. The number of benzene rings is 1. The molecular weight excluding hydrogens is 344 g/mol. The van der Waals surface area contributed by atoms with Crippen LogP contribution < -0.4 is 4.74 Å². The number of aromatic nitrogens is 1. The molecule has 2 aromatic rings. The third-order valence-electron chi connectivity index (χ3n) is 2.13. The van der Waals surface area contributed by atoms with Crippen molar-refractivity contribution in [1.29, 1.82) is 0 Å². The third-order valence-corrected chi connectivity index (χ3v) is 3.35. The second-order valence-corrected chi connectivity index (χ2v) is 4.92. The summed E-state index contributed by atoms with van der Waals surface area (Å²) >= 11 is 14.8. The zero-order chi connectivity index (χ0) is 13.1. The number of alkyl halides is 1. The standard InChI is InChI=1S/C12H7BrCl2FNO/c13-8-5-7(16)1-3-11(8)18-12-4-2-9(15)10(6-14)17-12/h1-5H,6H2. The van der Waals surface area contributed by atoms with Crippen LogP contribution >= 0.6 is 39.1 Å². The minimum Gasteiger partial charge on any atom is -0.438 e. The zero-order valence-corrected chi connectivity index (χ0v) is 12.1. The molecule has 0 N–H and O–H groups in total. The molecule has 0 aliphatic rings. The molecule has 0 saturated carbocycles. The summed E-state index contributed by atoms with van der Waals surface area (Å²) in [6, 6.07) is 7.40. The first-order valence-corrected chi connectivity index (χ1v) is 6.65. The number of pyridine rings is 1. The fraction of sp³-hybridized carbons (Fsp3) is 0.0833. The number of ether oxygens (including phenoxy) is 1. The number of rotatable bonds is 3. The van der Waals surface area contributed by atoms with Crippen molar-refractivity contribution in [3.05, 3.63) is 51.3 Å². The summed E-state index contributed by atoms with van der Waals surface area (Å²) in [6.45, 7) is 0. The van der Waals surface area contributed by atoms with Gasteiger partial charge in [0.15, 0.2) is 0 Å². The fourth-order valence-corrected chi connectivity index (χ4v) is 2.16. The topological polar surface area (TPSA) is 22.1 Å². The van der Waals surface area contributed by atoms with Crippen molar-refractivity contribution < 1.29 is 9.13 Å². The van der Waals surface area contributed by atoms with Crippen molar-refractivity contribution in [2.45, 2.75) is 5.88 Å². The quantitative estimate of drug-likeness (QED) is 0.712. The van der Waals surface area contributed by atoms with Gasteiger partial charge in [0, 0.05) is 6.07 Å². The van der Waals surface area contributed by atoms with Gasteiger partial charge in [0.2, 0.25) is 5.88 Å². The Labute approximate surface area is 122 Å². The molecule has 0 atom stereocenters. The molecule has 2 nitrogen and oxygen atoms in total. The average molecular weight is 351 g/mol. The summed E-state index contributed by atoms with van der Waals surface area (Å²) in [5.41, 5.74) is 0.536. The number of hydrogen-bond acceptors (Lipinski definition) is 2. The second kappa shape index (κ2) is 5.87. The third kappa shape index (κ3) is 3.13. The van der Waals surface area contributed by atoms with Gasteiger partial charge in [-0.3, -0.25) is 0 Å². The SMILES string of the molecule is Fc1ccc(Oc2ccc(Cl)c(CCl)n2)c(Br)c1. The molecule has 0 saturated heterocycles. The van der Waals surface area contributed by atoms with Crippen LogP contribution in [-0.4, -0.2) is 4.98 Å². The summed E-state index contributed by atoms with van der Waals surface area (Å²) in [5.74, 6) is 0.662. The molecule has 0 amide bonds. The normalized spacial score (nSPS) is 10.4. The van der Waals surface area contributed by atoms with E-state index < -0.39 is 0 Å². The molecule has 0 spiro atoms. The van der Waals surface area contributed by atoms with Crippen LogP contribution in [0.25, 0.3) is 0 Å². The maximum atomic E-state index is 12.9. The van der Waals surface area contributed by atoms with Crippen LogP contribution in [0.1, 0.15) is 5.69 Å². The van der Waals surface area contributed by atoms with E-state index in [1.165, 1.54) is 18.2 Å². The summed E-state index contributed by atoms with van der Waals surface area (Å²) in [4.78, 5) is 4.15. The average Bonchev–Trinajstić information content (AvgIpc) is 2.35. The van der Waals surface area contributed by atoms with Crippen molar-refractivity contribution in [2.24, 2.45) is 0 Å². The van der Waals surface area contributed by atoms with Gasteiger partial charge in [0.1, 0.15) is 11.6 Å². The monoisotopic (exact) mass is 349 g/mol. The van der Waals surface area contributed by atoms with E-state index in [1.807, 2.05) is 0 Å². The first kappa shape index (κ1) is 13.6. The molecule has 0 fully saturated rings. The highest BCUT2D eigenvalue weighted by molar-refractivity contribution is 9.10. The molecular formula is C12H7BrCl2FNO. The van der Waals surface area contributed by atoms with Crippen molar-refractivity contribution in [2.75, 3.05) is 0 Å². The van der Waals surface area contributed by atoms with Crippen molar-refractivity contribution in [3.8, 4) is 11.6 Å². The highest BCUT2D eigenvalue weighted by atomic mass is 79.9. The molecule has 2 rings (SSSR count). The largest absolute Gasteiger partial charge is 0.438 e. The Morgan fingerprint density at radius 1 is 1.28 bits per heavy atom. The van der Waals surface area contributed by atoms with Crippen LogP contribution in [0.2, 0.25) is 5.02 Å². The Kier molecular flexibility index (Phi) is 4.43. The van der Waals surface area contributed by atoms with Gasteiger partial charge in [-0.05, 0) is 40.2 Å². The van der Waals surface area contributed by atoms with Crippen LogP contribution in [0.5, 0.6) is 11.6 Å². The van der Waals surface area contributed by atoms with E-state index in [4.69, 9.17) is 27.9 Å². The first-order valence-electron chi connectivity index (χ1n) is 4.94. The van der Waals surface area contributed by atoms with Crippen molar-refractivity contribution in [3.63, 3.8) is 0 Å². The molecule has 1 aromatic heterocycles. The van der Waals surface area contributed by atoms with E-state index >= 15 is 0 Å². The minimum absolute atomic E-state index is 0.195. The Morgan fingerprint density at radius 3 is 2.72 bits per heavy atom. The number of hydrogen-bond donors (Lipinski definition) is 0. The Bertz CT molecular complexity index is 580. The molecule has 0 unspecified atom stereocenters. The van der Waals surface area contributed by atoms with Gasteiger partial charge in [-0.1, -0.05) is 11.6 Å². The van der Waals surface area contributed by atoms with Crippen LogP contribution in [0.4, 0.5) is 4.39 Å². The summed E-state index contributed by atoms with van der Waals surface area (Å²) in [7, 11) is 0. The maximum Gasteiger partial charge on any atom is 0.219 e. The van der Waals surface area contributed by atoms with Crippen LogP contribution in [-0.2, 0) is 5.88 Å². The maximum absolute atomic E-state index is 12.9. The van der Waals surface area contributed by atoms with Gasteiger partial charge in [0.05, 0.1) is 21.1 Å². The van der Waals surface area contributed by atoms with Crippen LogP contribution in [0, 0.1) is 5.82 Å². The minimum atomic E-state index is -0.347. The van der Waals surface area contributed by atoms with E-state index in [0.717, 1.165) is 0 Å². The lowest BCUT2D eigenvalue weighted by atomic mass is 10.3. The van der Waals surface area contributed by atoms with Crippen LogP contribution in [0.15, 0.2) is 34.8 Å². The molecule has 1 aromatic carbocycles. The van der Waals surface area contributed by atoms with Gasteiger partial charge in [-0.25, -0.2) is 9.37 Å². The molecule has 0 radical (unpaired) electrons. The Hall–Kier alpha value is -0.840. The molecule has 0 aliphatic heterocycles. The van der Waals surface area contributed by atoms with E-state index in [0.29, 0.717) is 26.8 Å². The summed E-state index contributed by atoms with van der Waals surface area (Å²) in [6.07, 6.45) is 0. The lowest BCUT2D eigenvalue weighted by molar-refractivity contribution is 0.457. The zero-order valence-electron chi connectivity index (χ0n) is 8.96. The molecule has 0 aliphatic carbocycles. The molecule has 1 heterocycles. The van der Waals surface area contributed by atoms with Gasteiger partial charge in [0.25, 0.3) is 0 Å². The van der Waals surface area contributed by atoms with Gasteiger partial charge in [-0.2, -0.15) is 0 Å². The summed E-state index contributed by atoms with van der Waals surface area (Å²) < 4.78 is 18.9. The molecule has 0 bridgehead atoms. The predicted octanol–water partition coefficient (Wildman–Crippen LogP) is 5.17. The number of halogens is 4. The van der Waals surface area contributed by atoms with Gasteiger partial charge >= 0.3 is 0 Å². The predicted molar refractivity (Wildman–Crippen MR) is 73.0 cm³/mol. The highest BCUT2D eigenvalue weighted by Crippen LogP contribution is 2.30. The Morgan fingerprint density at radius 2 is 2.06 bits per heavy atom.